The predicted molar refractivity (Wildman–Crippen MR) is 61.2 cm³/mol. The van der Waals surface area contributed by atoms with E-state index in [0.717, 1.165) is 24.1 Å². The van der Waals surface area contributed by atoms with Crippen molar-refractivity contribution in [2.45, 2.75) is 25.2 Å². The van der Waals surface area contributed by atoms with Crippen molar-refractivity contribution in [3.63, 3.8) is 0 Å². The molecular weight excluding hydrogens is 240 g/mol. The van der Waals surface area contributed by atoms with Gasteiger partial charge in [-0.1, -0.05) is 11.6 Å². The molecule has 17 heavy (non-hydrogen) atoms. The van der Waals surface area contributed by atoms with E-state index in [0.29, 0.717) is 11.5 Å². The number of carboxylic acids is 1. The first-order valence-corrected chi connectivity index (χ1v) is 6.27. The molecule has 0 aliphatic heterocycles. The smallest absolute Gasteiger partial charge is 0.341 e. The highest BCUT2D eigenvalue weighted by Gasteiger charge is 2.32. The molecule has 5 nitrogen and oxygen atoms in total. The van der Waals surface area contributed by atoms with Gasteiger partial charge in [-0.25, -0.2) is 4.79 Å². The highest BCUT2D eigenvalue weighted by Crippen LogP contribution is 2.41. The number of carboxylic acid groups (broad SMARTS) is 1. The molecule has 2 heterocycles. The van der Waals surface area contributed by atoms with Gasteiger partial charge in [0.05, 0.1) is 10.4 Å². The maximum absolute atomic E-state index is 11.3. The fourth-order valence-corrected chi connectivity index (χ4v) is 2.57. The summed E-state index contributed by atoms with van der Waals surface area (Å²) in [5, 5.41) is 13.2. The third-order valence-electron chi connectivity index (χ3n) is 3.07. The lowest BCUT2D eigenvalue weighted by Crippen LogP contribution is -2.12. The third kappa shape index (κ3) is 1.64. The number of hydrogen-bond donors (Lipinski definition) is 1. The predicted octanol–water partition coefficient (Wildman–Crippen LogP) is 2.76. The minimum absolute atomic E-state index is 0.207. The van der Waals surface area contributed by atoms with Crippen LogP contribution in [0.25, 0.3) is 10.6 Å². The zero-order chi connectivity index (χ0) is 11.8. The van der Waals surface area contributed by atoms with E-state index >= 15 is 0 Å². The minimum atomic E-state index is -0.975. The largest absolute Gasteiger partial charge is 0.477 e. The molecule has 0 saturated heterocycles. The van der Waals surface area contributed by atoms with Gasteiger partial charge in [-0.05, 0) is 12.8 Å². The Morgan fingerprint density at radius 2 is 2.35 bits per heavy atom. The monoisotopic (exact) mass is 250 g/mol. The summed E-state index contributed by atoms with van der Waals surface area (Å²) in [6, 6.07) is 0. The average Bonchev–Trinajstić information content (AvgIpc) is 2.80. The van der Waals surface area contributed by atoms with E-state index in [-0.39, 0.29) is 11.5 Å². The Morgan fingerprint density at radius 1 is 1.53 bits per heavy atom. The molecule has 0 aromatic carbocycles. The molecule has 0 bridgehead atoms. The molecule has 1 aliphatic rings. The van der Waals surface area contributed by atoms with Crippen molar-refractivity contribution in [3.05, 3.63) is 23.0 Å². The van der Waals surface area contributed by atoms with Gasteiger partial charge in [-0.2, -0.15) is 0 Å². The van der Waals surface area contributed by atoms with E-state index in [1.54, 1.807) is 11.7 Å². The van der Waals surface area contributed by atoms with Gasteiger partial charge in [-0.3, -0.25) is 4.98 Å². The standard InChI is InChI=1S/C11H10N2O3S/c14-11(15)8-9(7-4-12-5-17-7)13-16-10(8)6-2-1-3-6/h4-6H,1-3H2,(H,14,15). The van der Waals surface area contributed by atoms with Crippen molar-refractivity contribution in [2.24, 2.45) is 0 Å². The van der Waals surface area contributed by atoms with Crippen molar-refractivity contribution in [3.8, 4) is 10.6 Å². The zero-order valence-corrected chi connectivity index (χ0v) is 9.74. The number of hydrogen-bond acceptors (Lipinski definition) is 5. The van der Waals surface area contributed by atoms with Crippen LogP contribution in [0.5, 0.6) is 0 Å². The number of aromatic nitrogens is 2. The third-order valence-corrected chi connectivity index (χ3v) is 3.85. The van der Waals surface area contributed by atoms with E-state index < -0.39 is 5.97 Å². The van der Waals surface area contributed by atoms with Gasteiger partial charge in [0.15, 0.2) is 5.76 Å². The van der Waals surface area contributed by atoms with Crippen LogP contribution in [0.2, 0.25) is 0 Å². The van der Waals surface area contributed by atoms with Crippen LogP contribution >= 0.6 is 11.3 Å². The normalized spacial score (nSPS) is 15.8. The number of rotatable bonds is 3. The molecule has 2 aromatic heterocycles. The summed E-state index contributed by atoms with van der Waals surface area (Å²) in [7, 11) is 0. The van der Waals surface area contributed by atoms with Gasteiger partial charge in [-0.15, -0.1) is 11.3 Å². The molecule has 1 fully saturated rings. The maximum Gasteiger partial charge on any atom is 0.341 e. The molecule has 0 atom stereocenters. The summed E-state index contributed by atoms with van der Waals surface area (Å²) in [5.74, 6) is -0.237. The number of nitrogens with zero attached hydrogens (tertiary/aromatic N) is 2. The van der Waals surface area contributed by atoms with Gasteiger partial charge < -0.3 is 9.63 Å². The Bertz CT molecular complexity index is 543. The van der Waals surface area contributed by atoms with Crippen molar-refractivity contribution < 1.29 is 14.4 Å². The van der Waals surface area contributed by atoms with Crippen LogP contribution in [-0.4, -0.2) is 21.2 Å². The van der Waals surface area contributed by atoms with Gasteiger partial charge in [0.1, 0.15) is 11.3 Å². The van der Waals surface area contributed by atoms with E-state index in [9.17, 15) is 9.90 Å². The highest BCUT2D eigenvalue weighted by molar-refractivity contribution is 7.13. The summed E-state index contributed by atoms with van der Waals surface area (Å²) >= 11 is 1.36. The quantitative estimate of drug-likeness (QED) is 0.906. The Labute approximate surface area is 101 Å². The van der Waals surface area contributed by atoms with Gasteiger partial charge in [0.25, 0.3) is 0 Å². The first-order chi connectivity index (χ1) is 8.27. The summed E-state index contributed by atoms with van der Waals surface area (Å²) in [4.78, 5) is 16.0. The maximum atomic E-state index is 11.3. The van der Waals surface area contributed by atoms with Crippen LogP contribution in [0, 0.1) is 0 Å². The Morgan fingerprint density at radius 3 is 2.88 bits per heavy atom. The topological polar surface area (TPSA) is 76.2 Å². The van der Waals surface area contributed by atoms with Crippen molar-refractivity contribution >= 4 is 17.3 Å². The molecule has 1 N–H and O–H groups in total. The lowest BCUT2D eigenvalue weighted by Gasteiger charge is -2.22. The molecule has 1 aliphatic carbocycles. The van der Waals surface area contributed by atoms with Gasteiger partial charge in [0.2, 0.25) is 0 Å². The second-order valence-electron chi connectivity index (χ2n) is 4.07. The Hall–Kier alpha value is -1.69. The fraction of sp³-hybridized carbons (Fsp3) is 0.364. The summed E-state index contributed by atoms with van der Waals surface area (Å²) in [5.41, 5.74) is 2.26. The number of thiazole rings is 1. The van der Waals surface area contributed by atoms with Crippen LogP contribution in [0.4, 0.5) is 0 Å². The van der Waals surface area contributed by atoms with Gasteiger partial charge in [0, 0.05) is 12.1 Å². The average molecular weight is 250 g/mol. The number of carbonyl (C=O) groups is 1. The van der Waals surface area contributed by atoms with Crippen molar-refractivity contribution in [1.29, 1.82) is 0 Å². The lowest BCUT2D eigenvalue weighted by atomic mass is 9.82. The van der Waals surface area contributed by atoms with Crippen LogP contribution < -0.4 is 0 Å². The molecule has 0 amide bonds. The fourth-order valence-electron chi connectivity index (χ4n) is 1.96. The Balaban J connectivity index is 2.10. The molecule has 3 rings (SSSR count). The second kappa shape index (κ2) is 3.96. The van der Waals surface area contributed by atoms with E-state index in [2.05, 4.69) is 10.1 Å². The number of aromatic carboxylic acids is 1. The summed E-state index contributed by atoms with van der Waals surface area (Å²) < 4.78 is 5.23. The van der Waals surface area contributed by atoms with E-state index in [1.807, 2.05) is 0 Å². The lowest BCUT2D eigenvalue weighted by molar-refractivity contribution is 0.0693. The molecule has 0 unspecified atom stereocenters. The van der Waals surface area contributed by atoms with Crippen molar-refractivity contribution in [1.82, 2.24) is 10.1 Å². The van der Waals surface area contributed by atoms with Crippen LogP contribution in [-0.2, 0) is 0 Å². The zero-order valence-electron chi connectivity index (χ0n) is 8.92. The molecule has 0 radical (unpaired) electrons. The van der Waals surface area contributed by atoms with Crippen LogP contribution in [0.1, 0.15) is 41.3 Å². The Kier molecular flexibility index (Phi) is 2.44. The van der Waals surface area contributed by atoms with Crippen molar-refractivity contribution in [2.75, 3.05) is 0 Å². The summed E-state index contributed by atoms with van der Waals surface area (Å²) in [6.45, 7) is 0. The van der Waals surface area contributed by atoms with Gasteiger partial charge >= 0.3 is 5.97 Å². The minimum Gasteiger partial charge on any atom is -0.477 e. The SMILES string of the molecule is O=C(O)c1c(-c2cncs2)noc1C1CCC1. The first-order valence-electron chi connectivity index (χ1n) is 5.39. The molecule has 0 spiro atoms. The van der Waals surface area contributed by atoms with Crippen LogP contribution in [0.15, 0.2) is 16.2 Å². The van der Waals surface area contributed by atoms with Crippen LogP contribution in [0.3, 0.4) is 0 Å². The molecule has 2 aromatic rings. The first kappa shape index (κ1) is 10.5. The highest BCUT2D eigenvalue weighted by atomic mass is 32.1. The molecule has 1 saturated carbocycles. The molecular formula is C11H10N2O3S. The van der Waals surface area contributed by atoms with E-state index in [1.165, 1.54) is 11.3 Å². The van der Waals surface area contributed by atoms with E-state index in [4.69, 9.17) is 4.52 Å². The molecule has 88 valence electrons. The molecule has 6 heteroatoms. The summed E-state index contributed by atoms with van der Waals surface area (Å²) in [6.07, 6.45) is 4.70. The second-order valence-corrected chi connectivity index (χ2v) is 4.96.